The standard InChI is InChI=1S/C18H33N3O/c1-3-19-17(21-16-9-5-6-10-16)20-15-18(11-7-8-12-18)13-14-22-4-2/h5-6,16H,3-4,7-15H2,1-2H3,(H2,19,20,21). The molecule has 2 aliphatic carbocycles. The fourth-order valence-corrected chi connectivity index (χ4v) is 3.54. The number of guanidine groups is 1. The average Bonchev–Trinajstić information content (AvgIpc) is 3.18. The van der Waals surface area contributed by atoms with Crippen LogP contribution in [0, 0.1) is 5.41 Å². The zero-order valence-electron chi connectivity index (χ0n) is 14.4. The summed E-state index contributed by atoms with van der Waals surface area (Å²) in [5.41, 5.74) is 0.367. The number of aliphatic imine (C=N–C) groups is 1. The minimum absolute atomic E-state index is 0.367. The van der Waals surface area contributed by atoms with Gasteiger partial charge < -0.3 is 15.4 Å². The molecule has 0 aromatic rings. The number of nitrogens with one attached hydrogen (secondary N) is 2. The lowest BCUT2D eigenvalue weighted by atomic mass is 9.83. The van der Waals surface area contributed by atoms with E-state index in [9.17, 15) is 0 Å². The van der Waals surface area contributed by atoms with Gasteiger partial charge in [-0.3, -0.25) is 4.99 Å². The largest absolute Gasteiger partial charge is 0.382 e. The van der Waals surface area contributed by atoms with Gasteiger partial charge in [-0.25, -0.2) is 0 Å². The Morgan fingerprint density at radius 1 is 1.23 bits per heavy atom. The zero-order chi connectivity index (χ0) is 15.7. The molecule has 0 saturated heterocycles. The predicted molar refractivity (Wildman–Crippen MR) is 93.3 cm³/mol. The number of nitrogens with zero attached hydrogens (tertiary/aromatic N) is 1. The van der Waals surface area contributed by atoms with E-state index in [1.807, 2.05) is 0 Å². The molecule has 126 valence electrons. The van der Waals surface area contributed by atoms with Gasteiger partial charge in [0, 0.05) is 32.3 Å². The SMILES string of the molecule is CCNC(=NCC1(CCOCC)CCCC1)NC1CC=CC1. The van der Waals surface area contributed by atoms with Crippen molar-refractivity contribution in [3.8, 4) is 0 Å². The van der Waals surface area contributed by atoms with E-state index >= 15 is 0 Å². The highest BCUT2D eigenvalue weighted by Gasteiger charge is 2.33. The van der Waals surface area contributed by atoms with Gasteiger partial charge >= 0.3 is 0 Å². The summed E-state index contributed by atoms with van der Waals surface area (Å²) < 4.78 is 5.59. The summed E-state index contributed by atoms with van der Waals surface area (Å²) in [5, 5.41) is 6.97. The maximum atomic E-state index is 5.59. The summed E-state index contributed by atoms with van der Waals surface area (Å²) in [7, 11) is 0. The van der Waals surface area contributed by atoms with Crippen LogP contribution in [0.2, 0.25) is 0 Å². The van der Waals surface area contributed by atoms with Crippen molar-refractivity contribution in [1.82, 2.24) is 10.6 Å². The summed E-state index contributed by atoms with van der Waals surface area (Å²) in [5.74, 6) is 0.985. The molecule has 1 saturated carbocycles. The minimum atomic E-state index is 0.367. The molecule has 1 fully saturated rings. The van der Waals surface area contributed by atoms with E-state index in [1.165, 1.54) is 25.7 Å². The highest BCUT2D eigenvalue weighted by atomic mass is 16.5. The first-order valence-electron chi connectivity index (χ1n) is 9.05. The Morgan fingerprint density at radius 3 is 2.59 bits per heavy atom. The Balaban J connectivity index is 1.90. The quantitative estimate of drug-likeness (QED) is 0.313. The van der Waals surface area contributed by atoms with Crippen molar-refractivity contribution in [1.29, 1.82) is 0 Å². The topological polar surface area (TPSA) is 45.7 Å². The lowest BCUT2D eigenvalue weighted by Crippen LogP contribution is -2.43. The molecule has 4 heteroatoms. The molecule has 0 bridgehead atoms. The van der Waals surface area contributed by atoms with Crippen LogP contribution in [0.4, 0.5) is 0 Å². The van der Waals surface area contributed by atoms with Crippen LogP contribution in [0.15, 0.2) is 17.1 Å². The molecule has 4 nitrogen and oxygen atoms in total. The van der Waals surface area contributed by atoms with E-state index in [2.05, 4.69) is 36.6 Å². The molecule has 0 aromatic heterocycles. The lowest BCUT2D eigenvalue weighted by molar-refractivity contribution is 0.107. The van der Waals surface area contributed by atoms with Crippen LogP contribution in [-0.4, -0.2) is 38.3 Å². The predicted octanol–water partition coefficient (Wildman–Crippen LogP) is 3.25. The van der Waals surface area contributed by atoms with Gasteiger partial charge in [0.05, 0.1) is 0 Å². The van der Waals surface area contributed by atoms with Gasteiger partial charge in [-0.2, -0.15) is 0 Å². The van der Waals surface area contributed by atoms with E-state index in [1.54, 1.807) is 0 Å². The normalized spacial score (nSPS) is 21.5. The van der Waals surface area contributed by atoms with Crippen LogP contribution >= 0.6 is 0 Å². The molecule has 2 aliphatic rings. The third-order valence-corrected chi connectivity index (χ3v) is 4.91. The Bertz CT molecular complexity index is 365. The van der Waals surface area contributed by atoms with Gasteiger partial charge in [-0.15, -0.1) is 0 Å². The van der Waals surface area contributed by atoms with Gasteiger partial charge in [0.15, 0.2) is 5.96 Å². The first-order valence-corrected chi connectivity index (χ1v) is 9.05. The maximum Gasteiger partial charge on any atom is 0.191 e. The molecule has 0 amide bonds. The smallest absolute Gasteiger partial charge is 0.191 e. The van der Waals surface area contributed by atoms with Crippen molar-refractivity contribution in [3.05, 3.63) is 12.2 Å². The molecule has 2 N–H and O–H groups in total. The summed E-state index contributed by atoms with van der Waals surface area (Å²) in [6.45, 7) is 7.74. The van der Waals surface area contributed by atoms with Crippen molar-refractivity contribution in [2.24, 2.45) is 10.4 Å². The first-order chi connectivity index (χ1) is 10.8. The van der Waals surface area contributed by atoms with Crippen molar-refractivity contribution in [2.75, 3.05) is 26.3 Å². The first kappa shape index (κ1) is 17.3. The van der Waals surface area contributed by atoms with E-state index < -0.39 is 0 Å². The second-order valence-corrected chi connectivity index (χ2v) is 6.63. The van der Waals surface area contributed by atoms with Crippen LogP contribution in [0.3, 0.4) is 0 Å². The van der Waals surface area contributed by atoms with E-state index in [-0.39, 0.29) is 0 Å². The average molecular weight is 307 g/mol. The fourth-order valence-electron chi connectivity index (χ4n) is 3.54. The molecule has 0 radical (unpaired) electrons. The van der Waals surface area contributed by atoms with Crippen LogP contribution in [-0.2, 0) is 4.74 Å². The lowest BCUT2D eigenvalue weighted by Gasteiger charge is -2.28. The Morgan fingerprint density at radius 2 is 1.95 bits per heavy atom. The Labute approximate surface area is 135 Å². The monoisotopic (exact) mass is 307 g/mol. The number of ether oxygens (including phenoxy) is 1. The van der Waals surface area contributed by atoms with Gasteiger partial charge in [0.1, 0.15) is 0 Å². The molecule has 22 heavy (non-hydrogen) atoms. The van der Waals surface area contributed by atoms with E-state index in [0.29, 0.717) is 11.5 Å². The third-order valence-electron chi connectivity index (χ3n) is 4.91. The van der Waals surface area contributed by atoms with Gasteiger partial charge in [0.25, 0.3) is 0 Å². The van der Waals surface area contributed by atoms with Crippen molar-refractivity contribution >= 4 is 5.96 Å². The summed E-state index contributed by atoms with van der Waals surface area (Å²) in [6, 6.07) is 0.515. The number of rotatable bonds is 8. The highest BCUT2D eigenvalue weighted by Crippen LogP contribution is 2.41. The molecule has 2 rings (SSSR count). The number of hydrogen-bond acceptors (Lipinski definition) is 2. The third kappa shape index (κ3) is 5.31. The second-order valence-electron chi connectivity index (χ2n) is 6.63. The molecule has 0 heterocycles. The van der Waals surface area contributed by atoms with Crippen LogP contribution in [0.1, 0.15) is 58.8 Å². The molecular weight excluding hydrogens is 274 g/mol. The molecule has 0 aromatic carbocycles. The fraction of sp³-hybridized carbons (Fsp3) is 0.833. The minimum Gasteiger partial charge on any atom is -0.382 e. The molecule has 0 spiro atoms. The van der Waals surface area contributed by atoms with Crippen LogP contribution < -0.4 is 10.6 Å². The summed E-state index contributed by atoms with van der Waals surface area (Å²) in [4.78, 5) is 4.92. The molecule has 0 aliphatic heterocycles. The summed E-state index contributed by atoms with van der Waals surface area (Å²) >= 11 is 0. The maximum absolute atomic E-state index is 5.59. The molecule has 0 unspecified atom stereocenters. The highest BCUT2D eigenvalue weighted by molar-refractivity contribution is 5.80. The summed E-state index contributed by atoms with van der Waals surface area (Å²) in [6.07, 6.45) is 13.2. The number of hydrogen-bond donors (Lipinski definition) is 2. The zero-order valence-corrected chi connectivity index (χ0v) is 14.4. The Kier molecular flexibility index (Phi) is 7.23. The van der Waals surface area contributed by atoms with Crippen LogP contribution in [0.25, 0.3) is 0 Å². The van der Waals surface area contributed by atoms with Gasteiger partial charge in [0.2, 0.25) is 0 Å². The molecule has 0 atom stereocenters. The van der Waals surface area contributed by atoms with E-state index in [4.69, 9.17) is 9.73 Å². The van der Waals surface area contributed by atoms with Crippen molar-refractivity contribution in [3.63, 3.8) is 0 Å². The van der Waals surface area contributed by atoms with Crippen LogP contribution in [0.5, 0.6) is 0 Å². The van der Waals surface area contributed by atoms with Crippen molar-refractivity contribution < 1.29 is 4.74 Å². The van der Waals surface area contributed by atoms with Gasteiger partial charge in [-0.1, -0.05) is 25.0 Å². The van der Waals surface area contributed by atoms with Crippen molar-refractivity contribution in [2.45, 2.75) is 64.8 Å². The van der Waals surface area contributed by atoms with Gasteiger partial charge in [-0.05, 0) is 51.4 Å². The Hall–Kier alpha value is -1.03. The second kappa shape index (κ2) is 9.19. The molecular formula is C18H33N3O. The van der Waals surface area contributed by atoms with E-state index in [0.717, 1.165) is 51.5 Å².